The van der Waals surface area contributed by atoms with Crippen molar-refractivity contribution in [1.29, 1.82) is 0 Å². The standard InChI is InChI=1S/C17H22N2O2.ClH/c18-16-12-2-1-11(7-12)15(16)17(21)19-6-5-10-3-4-14(20)8-13(10)9-19;/h3-4,8,11-12,15-16,20H,1-2,5-7,9,18H2;1H. The topological polar surface area (TPSA) is 66.6 Å². The van der Waals surface area contributed by atoms with Crippen LogP contribution in [0.3, 0.4) is 0 Å². The van der Waals surface area contributed by atoms with Gasteiger partial charge in [-0.25, -0.2) is 0 Å². The van der Waals surface area contributed by atoms with Gasteiger partial charge in [-0.2, -0.15) is 0 Å². The van der Waals surface area contributed by atoms with E-state index in [-0.39, 0.29) is 36.0 Å². The molecular weight excluding hydrogens is 300 g/mol. The molecule has 0 saturated heterocycles. The summed E-state index contributed by atoms with van der Waals surface area (Å²) in [4.78, 5) is 14.8. The highest BCUT2D eigenvalue weighted by molar-refractivity contribution is 5.85. The third kappa shape index (κ3) is 2.38. The normalized spacial score (nSPS) is 32.5. The molecule has 2 aliphatic carbocycles. The SMILES string of the molecule is Cl.NC1C2CCC(C2)C1C(=O)N1CCc2ccc(O)cc2C1. The minimum absolute atomic E-state index is 0. The minimum atomic E-state index is 0. The maximum atomic E-state index is 12.9. The summed E-state index contributed by atoms with van der Waals surface area (Å²) in [5.41, 5.74) is 8.62. The first-order valence-corrected chi connectivity index (χ1v) is 7.98. The second-order valence-corrected chi connectivity index (χ2v) is 6.90. The number of phenols is 1. The van der Waals surface area contributed by atoms with Gasteiger partial charge in [0.15, 0.2) is 0 Å². The van der Waals surface area contributed by atoms with Crippen LogP contribution in [0.4, 0.5) is 0 Å². The van der Waals surface area contributed by atoms with E-state index in [4.69, 9.17) is 5.73 Å². The number of nitrogens with two attached hydrogens (primary N) is 1. The van der Waals surface area contributed by atoms with Crippen molar-refractivity contribution in [2.45, 2.75) is 38.3 Å². The van der Waals surface area contributed by atoms with Crippen LogP contribution in [-0.2, 0) is 17.8 Å². The maximum Gasteiger partial charge on any atom is 0.227 e. The van der Waals surface area contributed by atoms with Gasteiger partial charge in [0, 0.05) is 19.1 Å². The third-order valence-corrected chi connectivity index (χ3v) is 5.78. The zero-order valence-electron chi connectivity index (χ0n) is 12.6. The van der Waals surface area contributed by atoms with Gasteiger partial charge in [-0.15, -0.1) is 12.4 Å². The fourth-order valence-electron chi connectivity index (χ4n) is 4.64. The number of hydrogen-bond acceptors (Lipinski definition) is 3. The summed E-state index contributed by atoms with van der Waals surface area (Å²) in [6, 6.07) is 5.54. The molecule has 2 bridgehead atoms. The predicted molar refractivity (Wildman–Crippen MR) is 86.8 cm³/mol. The molecule has 5 heteroatoms. The largest absolute Gasteiger partial charge is 0.508 e. The van der Waals surface area contributed by atoms with Crippen molar-refractivity contribution in [2.75, 3.05) is 6.54 Å². The van der Waals surface area contributed by atoms with Crippen LogP contribution in [0.15, 0.2) is 18.2 Å². The number of phenolic OH excluding ortho intramolecular Hbond substituents is 1. The van der Waals surface area contributed by atoms with E-state index in [1.54, 1.807) is 12.1 Å². The van der Waals surface area contributed by atoms with Crippen molar-refractivity contribution < 1.29 is 9.90 Å². The molecule has 4 nitrogen and oxygen atoms in total. The molecule has 2 fully saturated rings. The molecular formula is C17H23ClN2O2. The lowest BCUT2D eigenvalue weighted by Gasteiger charge is -2.35. The molecule has 3 N–H and O–H groups in total. The summed E-state index contributed by atoms with van der Waals surface area (Å²) >= 11 is 0. The number of amides is 1. The summed E-state index contributed by atoms with van der Waals surface area (Å²) in [5, 5.41) is 9.63. The Balaban J connectivity index is 0.00000144. The Morgan fingerprint density at radius 2 is 2.00 bits per heavy atom. The van der Waals surface area contributed by atoms with Crippen LogP contribution in [-0.4, -0.2) is 28.5 Å². The Kier molecular flexibility index (Phi) is 4.08. The Hall–Kier alpha value is -1.26. The van der Waals surface area contributed by atoms with Gasteiger partial charge in [0.2, 0.25) is 5.91 Å². The molecule has 3 aliphatic rings. The van der Waals surface area contributed by atoms with Gasteiger partial charge in [-0.05, 0) is 60.8 Å². The number of halogens is 1. The highest BCUT2D eigenvalue weighted by atomic mass is 35.5. The number of aromatic hydroxyl groups is 1. The van der Waals surface area contributed by atoms with Crippen molar-refractivity contribution in [2.24, 2.45) is 23.5 Å². The monoisotopic (exact) mass is 322 g/mol. The molecule has 1 aromatic rings. The molecule has 120 valence electrons. The van der Waals surface area contributed by atoms with Crippen molar-refractivity contribution in [3.63, 3.8) is 0 Å². The van der Waals surface area contributed by atoms with Crippen molar-refractivity contribution >= 4 is 18.3 Å². The molecule has 1 aromatic carbocycles. The Morgan fingerprint density at radius 1 is 1.23 bits per heavy atom. The second-order valence-electron chi connectivity index (χ2n) is 6.90. The quantitative estimate of drug-likeness (QED) is 0.832. The van der Waals surface area contributed by atoms with Crippen molar-refractivity contribution in [3.05, 3.63) is 29.3 Å². The summed E-state index contributed by atoms with van der Waals surface area (Å²) < 4.78 is 0. The number of nitrogens with zero attached hydrogens (tertiary/aromatic N) is 1. The molecule has 1 heterocycles. The predicted octanol–water partition coefficient (Wildman–Crippen LogP) is 2.07. The molecule has 0 radical (unpaired) electrons. The van der Waals surface area contributed by atoms with Gasteiger partial charge in [0.25, 0.3) is 0 Å². The molecule has 0 spiro atoms. The van der Waals surface area contributed by atoms with Gasteiger partial charge in [0.1, 0.15) is 5.75 Å². The highest BCUT2D eigenvalue weighted by Crippen LogP contribution is 2.48. The number of rotatable bonds is 1. The lowest BCUT2D eigenvalue weighted by Crippen LogP contribution is -2.48. The van der Waals surface area contributed by atoms with Crippen LogP contribution >= 0.6 is 12.4 Å². The van der Waals surface area contributed by atoms with E-state index < -0.39 is 0 Å². The van der Waals surface area contributed by atoms with Gasteiger partial charge in [-0.3, -0.25) is 4.79 Å². The average molecular weight is 323 g/mol. The average Bonchev–Trinajstić information content (AvgIpc) is 3.06. The van der Waals surface area contributed by atoms with Crippen LogP contribution in [0.25, 0.3) is 0 Å². The van der Waals surface area contributed by atoms with E-state index in [1.807, 2.05) is 11.0 Å². The molecule has 1 amide bonds. The van der Waals surface area contributed by atoms with Crippen LogP contribution in [0.1, 0.15) is 30.4 Å². The first-order valence-electron chi connectivity index (χ1n) is 7.98. The summed E-state index contributed by atoms with van der Waals surface area (Å²) in [6.07, 6.45) is 4.38. The first kappa shape index (κ1) is 15.6. The molecule has 4 rings (SSSR count). The summed E-state index contributed by atoms with van der Waals surface area (Å²) in [5.74, 6) is 1.61. The fourth-order valence-corrected chi connectivity index (χ4v) is 4.64. The lowest BCUT2D eigenvalue weighted by molar-refractivity contribution is -0.138. The Morgan fingerprint density at radius 3 is 2.73 bits per heavy atom. The molecule has 4 atom stereocenters. The molecule has 2 saturated carbocycles. The number of fused-ring (bicyclic) bond motifs is 3. The third-order valence-electron chi connectivity index (χ3n) is 5.78. The van der Waals surface area contributed by atoms with Crippen LogP contribution in [0.5, 0.6) is 5.75 Å². The second kappa shape index (κ2) is 5.74. The number of carbonyl (C=O) groups is 1. The summed E-state index contributed by atoms with van der Waals surface area (Å²) in [6.45, 7) is 1.39. The fraction of sp³-hybridized carbons (Fsp3) is 0.588. The summed E-state index contributed by atoms with van der Waals surface area (Å²) in [7, 11) is 0. The first-order chi connectivity index (χ1) is 10.1. The molecule has 1 aliphatic heterocycles. The number of hydrogen-bond donors (Lipinski definition) is 2. The van der Waals surface area contributed by atoms with Gasteiger partial charge < -0.3 is 15.7 Å². The van der Waals surface area contributed by atoms with Crippen LogP contribution in [0.2, 0.25) is 0 Å². The van der Waals surface area contributed by atoms with Crippen LogP contribution < -0.4 is 5.73 Å². The van der Waals surface area contributed by atoms with Crippen molar-refractivity contribution in [3.8, 4) is 5.75 Å². The zero-order valence-corrected chi connectivity index (χ0v) is 13.4. The molecule has 0 aromatic heterocycles. The smallest absolute Gasteiger partial charge is 0.227 e. The van der Waals surface area contributed by atoms with E-state index in [2.05, 4.69) is 0 Å². The lowest BCUT2D eigenvalue weighted by atomic mass is 9.83. The Bertz CT molecular complexity index is 590. The van der Waals surface area contributed by atoms with E-state index in [1.165, 1.54) is 18.4 Å². The Labute approximate surface area is 137 Å². The maximum absolute atomic E-state index is 12.9. The van der Waals surface area contributed by atoms with Crippen molar-refractivity contribution in [1.82, 2.24) is 4.90 Å². The van der Waals surface area contributed by atoms with E-state index in [9.17, 15) is 9.90 Å². The minimum Gasteiger partial charge on any atom is -0.508 e. The van der Waals surface area contributed by atoms with Gasteiger partial charge in [-0.1, -0.05) is 6.07 Å². The van der Waals surface area contributed by atoms with E-state index in [0.717, 1.165) is 24.9 Å². The van der Waals surface area contributed by atoms with Crippen LogP contribution in [0, 0.1) is 17.8 Å². The van der Waals surface area contributed by atoms with E-state index in [0.29, 0.717) is 18.4 Å². The zero-order chi connectivity index (χ0) is 14.6. The number of carbonyl (C=O) groups excluding carboxylic acids is 1. The number of benzene rings is 1. The van der Waals surface area contributed by atoms with E-state index >= 15 is 0 Å². The van der Waals surface area contributed by atoms with Gasteiger partial charge >= 0.3 is 0 Å². The molecule has 22 heavy (non-hydrogen) atoms. The highest BCUT2D eigenvalue weighted by Gasteiger charge is 2.50. The van der Waals surface area contributed by atoms with Gasteiger partial charge in [0.05, 0.1) is 5.92 Å². The molecule has 4 unspecified atom stereocenters.